The van der Waals surface area contributed by atoms with Crippen molar-refractivity contribution in [2.24, 2.45) is 0 Å². The Morgan fingerprint density at radius 2 is 1.60 bits per heavy atom. The van der Waals surface area contributed by atoms with Crippen LogP contribution in [-0.2, 0) is 0 Å². The summed E-state index contributed by atoms with van der Waals surface area (Å²) < 4.78 is 0. The monoisotopic (exact) mass is 455 g/mol. The summed E-state index contributed by atoms with van der Waals surface area (Å²) in [7, 11) is 0. The fourth-order valence-electron chi connectivity index (χ4n) is 5.27. The van der Waals surface area contributed by atoms with E-state index in [-0.39, 0.29) is 0 Å². The Morgan fingerprint density at radius 1 is 0.771 bits per heavy atom. The van der Waals surface area contributed by atoms with Crippen molar-refractivity contribution >= 4 is 54.5 Å². The summed E-state index contributed by atoms with van der Waals surface area (Å²) in [6.45, 7) is 6.41. The highest BCUT2D eigenvalue weighted by Crippen LogP contribution is 2.37. The van der Waals surface area contributed by atoms with Crippen molar-refractivity contribution in [2.45, 2.75) is 33.1 Å². The average molecular weight is 456 g/mol. The molecular formula is C30H25N5. The second kappa shape index (κ2) is 7.37. The van der Waals surface area contributed by atoms with Gasteiger partial charge in [-0.3, -0.25) is 4.98 Å². The Kier molecular flexibility index (Phi) is 4.25. The molecule has 0 aliphatic carbocycles. The van der Waals surface area contributed by atoms with E-state index in [4.69, 9.17) is 9.97 Å². The van der Waals surface area contributed by atoms with Gasteiger partial charge < -0.3 is 9.97 Å². The third-order valence-corrected chi connectivity index (χ3v) is 7.33. The number of nitrogens with zero attached hydrogens (tertiary/aromatic N) is 3. The zero-order valence-corrected chi connectivity index (χ0v) is 20.0. The van der Waals surface area contributed by atoms with Crippen LogP contribution in [0.5, 0.6) is 0 Å². The number of rotatable bonds is 3. The lowest BCUT2D eigenvalue weighted by Crippen LogP contribution is -1.93. The summed E-state index contributed by atoms with van der Waals surface area (Å²) in [6, 6.07) is 21.7. The second-order valence-corrected chi connectivity index (χ2v) is 9.53. The minimum atomic E-state index is 0.381. The lowest BCUT2D eigenvalue weighted by atomic mass is 9.96. The van der Waals surface area contributed by atoms with Crippen LogP contribution in [0.4, 0.5) is 0 Å². The van der Waals surface area contributed by atoms with Crippen molar-refractivity contribution in [3.8, 4) is 11.1 Å². The molecule has 2 N–H and O–H groups in total. The maximum Gasteiger partial charge on any atom is 0.110 e. The molecule has 0 spiro atoms. The van der Waals surface area contributed by atoms with Crippen LogP contribution in [0.3, 0.4) is 0 Å². The summed E-state index contributed by atoms with van der Waals surface area (Å²) in [5, 5.41) is 5.78. The molecule has 3 heterocycles. The van der Waals surface area contributed by atoms with Crippen molar-refractivity contribution in [2.75, 3.05) is 0 Å². The third kappa shape index (κ3) is 2.98. The number of hydrogen-bond donors (Lipinski definition) is 2. The van der Waals surface area contributed by atoms with Gasteiger partial charge in [-0.05, 0) is 60.2 Å². The van der Waals surface area contributed by atoms with Gasteiger partial charge in [-0.2, -0.15) is 0 Å². The van der Waals surface area contributed by atoms with Gasteiger partial charge >= 0.3 is 0 Å². The number of aromatic amines is 2. The molecule has 4 aromatic carbocycles. The predicted molar refractivity (Wildman–Crippen MR) is 145 cm³/mol. The number of aryl methyl sites for hydroxylation is 1. The molecule has 0 saturated carbocycles. The van der Waals surface area contributed by atoms with Crippen LogP contribution in [0.1, 0.15) is 37.8 Å². The third-order valence-electron chi connectivity index (χ3n) is 7.33. The van der Waals surface area contributed by atoms with Gasteiger partial charge in [0.2, 0.25) is 0 Å². The van der Waals surface area contributed by atoms with Crippen molar-refractivity contribution < 1.29 is 0 Å². The van der Waals surface area contributed by atoms with E-state index >= 15 is 0 Å². The smallest absolute Gasteiger partial charge is 0.110 e. The molecule has 0 aliphatic rings. The van der Waals surface area contributed by atoms with Gasteiger partial charge in [-0.25, -0.2) is 9.97 Å². The molecule has 5 nitrogen and oxygen atoms in total. The molecule has 0 saturated heterocycles. The van der Waals surface area contributed by atoms with E-state index in [2.05, 4.69) is 83.4 Å². The number of nitrogens with one attached hydrogen (secondary N) is 2. The molecule has 170 valence electrons. The number of hydrogen-bond acceptors (Lipinski definition) is 3. The molecule has 7 rings (SSSR count). The first kappa shape index (κ1) is 20.2. The number of pyridine rings is 1. The van der Waals surface area contributed by atoms with E-state index in [9.17, 15) is 0 Å². The average Bonchev–Trinajstić information content (AvgIpc) is 3.51. The molecule has 0 radical (unpaired) electrons. The Morgan fingerprint density at radius 3 is 2.46 bits per heavy atom. The van der Waals surface area contributed by atoms with E-state index in [0.29, 0.717) is 5.92 Å². The molecule has 5 heteroatoms. The molecule has 1 unspecified atom stereocenters. The van der Waals surface area contributed by atoms with Crippen LogP contribution < -0.4 is 0 Å². The lowest BCUT2D eigenvalue weighted by Gasteiger charge is -2.09. The number of aromatic nitrogens is 5. The normalized spacial score (nSPS) is 13.0. The zero-order chi connectivity index (χ0) is 23.7. The molecule has 7 aromatic rings. The zero-order valence-electron chi connectivity index (χ0n) is 20.0. The Labute approximate surface area is 202 Å². The number of benzene rings is 4. The van der Waals surface area contributed by atoms with Gasteiger partial charge in [0.15, 0.2) is 0 Å². The van der Waals surface area contributed by atoms with E-state index in [1.807, 2.05) is 19.2 Å². The number of fused-ring (bicyclic) bond motifs is 9. The standard InChI is InChI=1S/C30H25N5/c1-4-16(2)30-34-28-22-11-8-19(15-24(22)26-23(29(28)35-30)6-5-13-31-26)18-7-10-21-20(14-18)9-12-25-27(21)33-17(3)32-25/h5-16H,4H2,1-3H3,(H,32,33)(H,34,35). The van der Waals surface area contributed by atoms with Crippen molar-refractivity contribution in [1.82, 2.24) is 24.9 Å². The molecule has 0 bridgehead atoms. The van der Waals surface area contributed by atoms with Gasteiger partial charge in [0.25, 0.3) is 0 Å². The highest BCUT2D eigenvalue weighted by molar-refractivity contribution is 6.22. The van der Waals surface area contributed by atoms with Crippen molar-refractivity contribution in [3.63, 3.8) is 0 Å². The summed E-state index contributed by atoms with van der Waals surface area (Å²) >= 11 is 0. The fraction of sp³-hybridized carbons (Fsp3) is 0.167. The minimum absolute atomic E-state index is 0.381. The Hall–Kier alpha value is -4.25. The second-order valence-electron chi connectivity index (χ2n) is 9.53. The molecule has 3 aromatic heterocycles. The van der Waals surface area contributed by atoms with E-state index in [0.717, 1.165) is 61.8 Å². The topological polar surface area (TPSA) is 70.2 Å². The van der Waals surface area contributed by atoms with Crippen molar-refractivity contribution in [1.29, 1.82) is 0 Å². The van der Waals surface area contributed by atoms with E-state index < -0.39 is 0 Å². The highest BCUT2D eigenvalue weighted by atomic mass is 14.9. The molecule has 35 heavy (non-hydrogen) atoms. The summed E-state index contributed by atoms with van der Waals surface area (Å²) in [5.41, 5.74) is 7.56. The first-order valence-electron chi connectivity index (χ1n) is 12.2. The van der Waals surface area contributed by atoms with Gasteiger partial charge in [0.1, 0.15) is 11.6 Å². The lowest BCUT2D eigenvalue weighted by molar-refractivity contribution is 0.692. The first-order valence-corrected chi connectivity index (χ1v) is 12.2. The van der Waals surface area contributed by atoms with Crippen LogP contribution in [0.15, 0.2) is 66.9 Å². The Balaban J connectivity index is 1.47. The quantitative estimate of drug-likeness (QED) is 0.267. The first-order chi connectivity index (χ1) is 17.1. The van der Waals surface area contributed by atoms with Crippen molar-refractivity contribution in [3.05, 3.63) is 78.5 Å². The minimum Gasteiger partial charge on any atom is -0.342 e. The van der Waals surface area contributed by atoms with Crippen LogP contribution in [0, 0.1) is 6.92 Å². The molecule has 0 amide bonds. The largest absolute Gasteiger partial charge is 0.342 e. The summed E-state index contributed by atoms with van der Waals surface area (Å²) in [5.74, 6) is 2.36. The maximum absolute atomic E-state index is 5.00. The Bertz CT molecular complexity index is 1920. The molecule has 0 fully saturated rings. The van der Waals surface area contributed by atoms with Crippen LogP contribution in [0.2, 0.25) is 0 Å². The van der Waals surface area contributed by atoms with Gasteiger partial charge in [-0.1, -0.05) is 44.2 Å². The fourth-order valence-corrected chi connectivity index (χ4v) is 5.27. The number of H-pyrrole nitrogens is 2. The highest BCUT2D eigenvalue weighted by Gasteiger charge is 2.17. The van der Waals surface area contributed by atoms with E-state index in [1.54, 1.807) is 0 Å². The van der Waals surface area contributed by atoms with E-state index in [1.165, 1.54) is 21.9 Å². The summed E-state index contributed by atoms with van der Waals surface area (Å²) in [6.07, 6.45) is 2.92. The summed E-state index contributed by atoms with van der Waals surface area (Å²) in [4.78, 5) is 21.4. The van der Waals surface area contributed by atoms with Crippen LogP contribution in [-0.4, -0.2) is 24.9 Å². The predicted octanol–water partition coefficient (Wildman–Crippen LogP) is 7.78. The number of imidazole rings is 2. The van der Waals surface area contributed by atoms with Gasteiger partial charge in [0.05, 0.1) is 27.6 Å². The molecular weight excluding hydrogens is 430 g/mol. The molecule has 1 atom stereocenters. The van der Waals surface area contributed by atoms with Gasteiger partial charge in [-0.15, -0.1) is 0 Å². The maximum atomic E-state index is 5.00. The van der Waals surface area contributed by atoms with Gasteiger partial charge in [0, 0.05) is 33.7 Å². The van der Waals surface area contributed by atoms with Crippen LogP contribution in [0.25, 0.3) is 65.6 Å². The SMILES string of the molecule is CCC(C)c1nc2c3cccnc3c3cc(-c4ccc5c(ccc6nc(C)[nH]c65)c4)ccc3c2[nH]1. The van der Waals surface area contributed by atoms with Crippen LogP contribution >= 0.6 is 0 Å². The molecule has 0 aliphatic heterocycles.